The average Bonchev–Trinajstić information content (AvgIpc) is 1.85. The summed E-state index contributed by atoms with van der Waals surface area (Å²) in [5.41, 5.74) is 0. The number of imide groups is 1. The van der Waals surface area contributed by atoms with Gasteiger partial charge in [-0.15, -0.1) is 0 Å². The van der Waals surface area contributed by atoms with E-state index in [1.807, 2.05) is 5.32 Å². The molecule has 1 unspecified atom stereocenters. The van der Waals surface area contributed by atoms with E-state index in [1.165, 1.54) is 0 Å². The number of rotatable bonds is 0. The quantitative estimate of drug-likeness (QED) is 0.397. The Morgan fingerprint density at radius 2 is 2.12 bits per heavy atom. The minimum Gasteiger partial charge on any atom is -0.326 e. The zero-order chi connectivity index (χ0) is 6.15. The number of amides is 3. The van der Waals surface area contributed by atoms with Crippen LogP contribution in [0, 0.1) is 6.92 Å². The molecule has 8 heavy (non-hydrogen) atoms. The zero-order valence-electron chi connectivity index (χ0n) is 4.10. The van der Waals surface area contributed by atoms with Crippen LogP contribution in [0.15, 0.2) is 0 Å². The second-order valence-corrected chi connectivity index (χ2v) is 1.52. The van der Waals surface area contributed by atoms with Gasteiger partial charge in [0.1, 0.15) is 6.04 Å². The van der Waals surface area contributed by atoms with E-state index in [1.54, 1.807) is 0 Å². The van der Waals surface area contributed by atoms with E-state index in [-0.39, 0.29) is 5.91 Å². The highest BCUT2D eigenvalue weighted by molar-refractivity contribution is 6.04. The monoisotopic (exact) mass is 113 g/mol. The summed E-state index contributed by atoms with van der Waals surface area (Å²) in [6.45, 7) is 3.32. The Balaban J connectivity index is 2.64. The Morgan fingerprint density at radius 3 is 2.25 bits per heavy atom. The Morgan fingerprint density at radius 1 is 1.50 bits per heavy atom. The first-order valence-corrected chi connectivity index (χ1v) is 2.14. The lowest BCUT2D eigenvalue weighted by Crippen LogP contribution is -2.24. The number of carbonyl (C=O) groups is 2. The first-order chi connectivity index (χ1) is 3.70. The Hall–Kier alpha value is -1.06. The van der Waals surface area contributed by atoms with Crippen LogP contribution < -0.4 is 10.6 Å². The summed E-state index contributed by atoms with van der Waals surface area (Å²) < 4.78 is 0. The van der Waals surface area contributed by atoms with Gasteiger partial charge in [-0.05, 0) is 6.92 Å². The molecule has 3 amide bonds. The van der Waals surface area contributed by atoms with Gasteiger partial charge >= 0.3 is 6.03 Å². The molecule has 0 aromatic carbocycles. The van der Waals surface area contributed by atoms with Crippen molar-refractivity contribution in [1.29, 1.82) is 0 Å². The van der Waals surface area contributed by atoms with Crippen molar-refractivity contribution in [2.24, 2.45) is 0 Å². The van der Waals surface area contributed by atoms with Crippen molar-refractivity contribution >= 4 is 11.9 Å². The fourth-order valence-corrected chi connectivity index (χ4v) is 0.459. The third-order valence-electron chi connectivity index (χ3n) is 0.859. The molecule has 0 aliphatic carbocycles. The summed E-state index contributed by atoms with van der Waals surface area (Å²) in [6, 6.07) is -1.07. The molecule has 43 valence electrons. The average molecular weight is 113 g/mol. The first kappa shape index (κ1) is 5.08. The van der Waals surface area contributed by atoms with Crippen molar-refractivity contribution in [3.63, 3.8) is 0 Å². The third-order valence-corrected chi connectivity index (χ3v) is 0.859. The molecule has 2 N–H and O–H groups in total. The molecule has 0 aromatic heterocycles. The van der Waals surface area contributed by atoms with Crippen molar-refractivity contribution in [2.45, 2.75) is 6.04 Å². The molecular weight excluding hydrogens is 108 g/mol. The highest BCUT2D eigenvalue weighted by Gasteiger charge is 2.24. The summed E-state index contributed by atoms with van der Waals surface area (Å²) >= 11 is 0. The Kier molecular flexibility index (Phi) is 0.932. The maximum absolute atomic E-state index is 10.3. The van der Waals surface area contributed by atoms with E-state index in [4.69, 9.17) is 0 Å². The normalized spacial score (nSPS) is 27.4. The predicted molar refractivity (Wildman–Crippen MR) is 25.8 cm³/mol. The smallest absolute Gasteiger partial charge is 0.322 e. The summed E-state index contributed by atoms with van der Waals surface area (Å²) in [5.74, 6) is -0.366. The Bertz CT molecular complexity index is 143. The van der Waals surface area contributed by atoms with Gasteiger partial charge in [-0.25, -0.2) is 4.79 Å². The van der Waals surface area contributed by atoms with Gasteiger partial charge in [-0.3, -0.25) is 10.1 Å². The fourth-order valence-electron chi connectivity index (χ4n) is 0.459. The molecule has 1 rings (SSSR count). The topological polar surface area (TPSA) is 58.2 Å². The van der Waals surface area contributed by atoms with Crippen molar-refractivity contribution in [1.82, 2.24) is 10.6 Å². The Labute approximate surface area is 46.3 Å². The molecule has 1 aliphatic heterocycles. The molecule has 1 heterocycles. The molecular formula is C4H5N2O2. The van der Waals surface area contributed by atoms with E-state index in [2.05, 4.69) is 12.2 Å². The summed E-state index contributed by atoms with van der Waals surface area (Å²) in [7, 11) is 0. The highest BCUT2D eigenvalue weighted by Crippen LogP contribution is 1.87. The van der Waals surface area contributed by atoms with Crippen LogP contribution in [0.1, 0.15) is 0 Å². The minimum atomic E-state index is -0.609. The lowest BCUT2D eigenvalue weighted by atomic mass is 10.4. The molecule has 0 saturated carbocycles. The second kappa shape index (κ2) is 1.47. The molecule has 1 radical (unpaired) electrons. The van der Waals surface area contributed by atoms with Gasteiger partial charge in [0.2, 0.25) is 0 Å². The van der Waals surface area contributed by atoms with Gasteiger partial charge < -0.3 is 5.32 Å². The minimum absolute atomic E-state index is 0.366. The lowest BCUT2D eigenvalue weighted by molar-refractivity contribution is -0.119. The van der Waals surface area contributed by atoms with Crippen LogP contribution in [0.4, 0.5) is 4.79 Å². The predicted octanol–water partition coefficient (Wildman–Crippen LogP) is -0.972. The number of nitrogens with one attached hydrogen (secondary N) is 2. The van der Waals surface area contributed by atoms with Gasteiger partial charge in [0.15, 0.2) is 0 Å². The number of carbonyl (C=O) groups excluding carboxylic acids is 2. The third kappa shape index (κ3) is 0.641. The number of urea groups is 1. The van der Waals surface area contributed by atoms with Crippen LogP contribution in [-0.4, -0.2) is 18.0 Å². The van der Waals surface area contributed by atoms with Gasteiger partial charge in [0, 0.05) is 0 Å². The van der Waals surface area contributed by atoms with Crippen molar-refractivity contribution < 1.29 is 9.59 Å². The number of hydrogen-bond acceptors (Lipinski definition) is 2. The van der Waals surface area contributed by atoms with E-state index in [9.17, 15) is 9.59 Å². The van der Waals surface area contributed by atoms with Crippen LogP contribution in [0.5, 0.6) is 0 Å². The standard InChI is InChI=1S/C4H5N2O2/c1-2-3(7)6-4(8)5-2/h2H,1H2,(H2,5,6,7,8). The van der Waals surface area contributed by atoms with E-state index < -0.39 is 12.1 Å². The molecule has 0 spiro atoms. The summed E-state index contributed by atoms with van der Waals surface area (Å²) in [4.78, 5) is 20.5. The molecule has 0 aromatic rings. The van der Waals surface area contributed by atoms with Crippen LogP contribution >= 0.6 is 0 Å². The van der Waals surface area contributed by atoms with Crippen LogP contribution in [-0.2, 0) is 4.79 Å². The molecule has 4 nitrogen and oxygen atoms in total. The van der Waals surface area contributed by atoms with Crippen LogP contribution in [0.3, 0.4) is 0 Å². The van der Waals surface area contributed by atoms with Crippen LogP contribution in [0.2, 0.25) is 0 Å². The van der Waals surface area contributed by atoms with E-state index in [0.29, 0.717) is 0 Å². The van der Waals surface area contributed by atoms with Gasteiger partial charge in [-0.1, -0.05) is 0 Å². The molecule has 4 heteroatoms. The first-order valence-electron chi connectivity index (χ1n) is 2.14. The lowest BCUT2D eigenvalue weighted by Gasteiger charge is -1.91. The second-order valence-electron chi connectivity index (χ2n) is 1.52. The fraction of sp³-hybridized carbons (Fsp3) is 0.250. The van der Waals surface area contributed by atoms with Gasteiger partial charge in [0.05, 0.1) is 0 Å². The molecule has 1 atom stereocenters. The SMILES string of the molecule is [CH2]C1NC(=O)NC1=O. The van der Waals surface area contributed by atoms with E-state index in [0.717, 1.165) is 0 Å². The molecule has 1 fully saturated rings. The van der Waals surface area contributed by atoms with E-state index >= 15 is 0 Å². The highest BCUT2D eigenvalue weighted by atomic mass is 16.2. The zero-order valence-corrected chi connectivity index (χ0v) is 4.10. The molecule has 1 aliphatic rings. The van der Waals surface area contributed by atoms with Gasteiger partial charge in [-0.2, -0.15) is 0 Å². The number of hydrogen-bond donors (Lipinski definition) is 2. The molecule has 1 saturated heterocycles. The van der Waals surface area contributed by atoms with Crippen molar-refractivity contribution in [2.75, 3.05) is 0 Å². The summed E-state index contributed by atoms with van der Waals surface area (Å²) in [5, 5.41) is 4.27. The van der Waals surface area contributed by atoms with Crippen molar-refractivity contribution in [3.05, 3.63) is 6.92 Å². The van der Waals surface area contributed by atoms with Crippen molar-refractivity contribution in [3.8, 4) is 0 Å². The summed E-state index contributed by atoms with van der Waals surface area (Å²) in [6.07, 6.45) is 0. The maximum atomic E-state index is 10.3. The van der Waals surface area contributed by atoms with Gasteiger partial charge in [0.25, 0.3) is 5.91 Å². The largest absolute Gasteiger partial charge is 0.326 e. The molecule has 0 bridgehead atoms. The maximum Gasteiger partial charge on any atom is 0.322 e. The van der Waals surface area contributed by atoms with Crippen LogP contribution in [0.25, 0.3) is 0 Å².